The molecule has 10 nitrogen and oxygen atoms in total. The number of likely N-dealkylation sites (tertiary alicyclic amines) is 1. The van der Waals surface area contributed by atoms with E-state index in [0.717, 1.165) is 13.1 Å². The minimum absolute atomic E-state index is 0.0215. The number of aliphatic hydroxyl groups excluding tert-OH is 1. The second-order valence-electron chi connectivity index (χ2n) is 10.1. The van der Waals surface area contributed by atoms with Crippen molar-refractivity contribution < 1.29 is 29.0 Å². The van der Waals surface area contributed by atoms with Gasteiger partial charge >= 0.3 is 0 Å². The van der Waals surface area contributed by atoms with Gasteiger partial charge in [0, 0.05) is 52.9 Å². The van der Waals surface area contributed by atoms with Crippen LogP contribution >= 0.6 is 0 Å². The Bertz CT molecular complexity index is 933. The van der Waals surface area contributed by atoms with E-state index in [0.29, 0.717) is 45.8 Å². The average Bonchev–Trinajstić information content (AvgIpc) is 3.16. The van der Waals surface area contributed by atoms with Gasteiger partial charge in [-0.05, 0) is 6.42 Å². The molecule has 35 heavy (non-hydrogen) atoms. The van der Waals surface area contributed by atoms with E-state index in [1.165, 1.54) is 4.90 Å². The predicted octanol–water partition coefficient (Wildman–Crippen LogP) is -0.901. The summed E-state index contributed by atoms with van der Waals surface area (Å²) < 4.78 is 12.2. The molecule has 0 aromatic heterocycles. The van der Waals surface area contributed by atoms with Crippen LogP contribution in [0.1, 0.15) is 13.3 Å². The van der Waals surface area contributed by atoms with Gasteiger partial charge < -0.3 is 29.3 Å². The Hall–Kier alpha value is -2.27. The Morgan fingerprint density at radius 3 is 2.43 bits per heavy atom. The lowest BCUT2D eigenvalue weighted by Gasteiger charge is -2.38. The molecule has 5 aliphatic heterocycles. The second-order valence-corrected chi connectivity index (χ2v) is 10.1. The molecule has 3 saturated heterocycles. The Morgan fingerprint density at radius 2 is 1.71 bits per heavy atom. The first-order valence-electron chi connectivity index (χ1n) is 12.7. The van der Waals surface area contributed by atoms with Gasteiger partial charge in [-0.2, -0.15) is 0 Å². The number of fused-ring (bicyclic) bond motifs is 2. The van der Waals surface area contributed by atoms with Crippen molar-refractivity contribution in [3.63, 3.8) is 0 Å². The second kappa shape index (κ2) is 9.31. The summed E-state index contributed by atoms with van der Waals surface area (Å²) in [7, 11) is 1.73. The highest BCUT2D eigenvalue weighted by atomic mass is 16.5. The zero-order valence-electron chi connectivity index (χ0n) is 20.6. The maximum atomic E-state index is 14.1. The maximum Gasteiger partial charge on any atom is 0.249 e. The van der Waals surface area contributed by atoms with E-state index in [1.807, 2.05) is 31.2 Å². The summed E-state index contributed by atoms with van der Waals surface area (Å²) >= 11 is 0. The molecule has 3 fully saturated rings. The number of nitrogens with zero attached hydrogens (tertiary/aromatic N) is 4. The van der Waals surface area contributed by atoms with Gasteiger partial charge in [0.25, 0.3) is 0 Å². The molecule has 1 unspecified atom stereocenters. The molecule has 5 rings (SSSR count). The number of amides is 3. The Balaban J connectivity index is 1.52. The molecule has 0 aliphatic carbocycles. The van der Waals surface area contributed by atoms with E-state index < -0.39 is 29.1 Å². The first-order valence-corrected chi connectivity index (χ1v) is 12.7. The van der Waals surface area contributed by atoms with Gasteiger partial charge in [0.1, 0.15) is 11.6 Å². The van der Waals surface area contributed by atoms with Gasteiger partial charge in [0.2, 0.25) is 17.7 Å². The number of ether oxygens (including phenoxy) is 2. The fourth-order valence-corrected chi connectivity index (χ4v) is 6.56. The van der Waals surface area contributed by atoms with Gasteiger partial charge in [-0.1, -0.05) is 31.2 Å². The van der Waals surface area contributed by atoms with Crippen molar-refractivity contribution in [2.24, 2.45) is 11.8 Å². The quantitative estimate of drug-likeness (QED) is 0.484. The lowest BCUT2D eigenvalue weighted by molar-refractivity contribution is -0.154. The molecule has 0 aromatic carbocycles. The molecule has 5 atom stereocenters. The van der Waals surface area contributed by atoms with Gasteiger partial charge in [0.05, 0.1) is 37.3 Å². The van der Waals surface area contributed by atoms with Gasteiger partial charge in [-0.15, -0.1) is 0 Å². The minimum atomic E-state index is -1.25. The first-order chi connectivity index (χ1) is 16.9. The van der Waals surface area contributed by atoms with Crippen LogP contribution in [0.2, 0.25) is 0 Å². The number of hydrogen-bond acceptors (Lipinski definition) is 7. The van der Waals surface area contributed by atoms with Crippen LogP contribution in [0.25, 0.3) is 0 Å². The number of likely N-dealkylation sites (N-methyl/N-ethyl adjacent to an activating group) is 1. The number of aliphatic hydroxyl groups is 1. The highest BCUT2D eigenvalue weighted by Crippen LogP contribution is 2.58. The molecule has 0 aromatic rings. The molecule has 10 heteroatoms. The number of morpholine rings is 1. The molecule has 1 spiro atoms. The lowest BCUT2D eigenvalue weighted by atomic mass is 9.73. The third kappa shape index (κ3) is 3.73. The Labute approximate surface area is 206 Å². The molecule has 0 saturated carbocycles. The average molecular weight is 489 g/mol. The minimum Gasteiger partial charge on any atom is -0.395 e. The summed E-state index contributed by atoms with van der Waals surface area (Å²) in [5.74, 6) is -2.19. The standard InChI is InChI=1S/C25H36N4O6/c1-3-24-6-4-8-26(2)21(31)18(24)19-22(32)29(12-15-30)20-23(33)28(9-5-7-25(19,20)35-24)11-10-27-13-16-34-17-14-27/h4-7,18-20,30H,3,8-17H2,1-2H3/t18-,19-,20?,24+,25-/m0/s1. The van der Waals surface area contributed by atoms with Crippen molar-refractivity contribution in [1.82, 2.24) is 19.6 Å². The number of carbonyl (C=O) groups excluding carboxylic acids is 3. The third-order valence-electron chi connectivity index (χ3n) is 8.36. The van der Waals surface area contributed by atoms with Crippen LogP contribution < -0.4 is 0 Å². The summed E-state index contributed by atoms with van der Waals surface area (Å²) in [5, 5.41) is 9.78. The summed E-state index contributed by atoms with van der Waals surface area (Å²) in [4.78, 5) is 48.6. The summed E-state index contributed by atoms with van der Waals surface area (Å²) in [6, 6.07) is -0.919. The van der Waals surface area contributed by atoms with Crippen molar-refractivity contribution in [1.29, 1.82) is 0 Å². The van der Waals surface area contributed by atoms with Gasteiger partial charge in [-0.3, -0.25) is 19.3 Å². The third-order valence-corrected chi connectivity index (χ3v) is 8.36. The smallest absolute Gasteiger partial charge is 0.249 e. The SMILES string of the molecule is CC[C@@]12C=CCN(C)C(=O)[C@@H]1[C@H]1C(=O)N(CCO)C3C(=O)N(CCN4CCOCC4)CC=C[C@@]31O2. The molecule has 0 bridgehead atoms. The Morgan fingerprint density at radius 1 is 0.971 bits per heavy atom. The van der Waals surface area contributed by atoms with E-state index in [1.54, 1.807) is 16.8 Å². The largest absolute Gasteiger partial charge is 0.395 e. The monoisotopic (exact) mass is 488 g/mol. The molecule has 0 radical (unpaired) electrons. The van der Waals surface area contributed by atoms with Gasteiger partial charge in [0.15, 0.2) is 0 Å². The molecule has 1 N–H and O–H groups in total. The van der Waals surface area contributed by atoms with Crippen molar-refractivity contribution in [2.75, 3.05) is 72.7 Å². The molecular weight excluding hydrogens is 452 g/mol. The summed E-state index contributed by atoms with van der Waals surface area (Å²) in [6.45, 7) is 6.82. The van der Waals surface area contributed by atoms with Crippen LogP contribution in [-0.4, -0.2) is 132 Å². The lowest BCUT2D eigenvalue weighted by Crippen LogP contribution is -2.57. The number of rotatable bonds is 6. The molecule has 3 amide bonds. The molecule has 5 heterocycles. The highest BCUT2D eigenvalue weighted by molar-refractivity contribution is 6.00. The topological polar surface area (TPSA) is 103 Å². The maximum absolute atomic E-state index is 14.1. The van der Waals surface area contributed by atoms with E-state index >= 15 is 0 Å². The summed E-state index contributed by atoms with van der Waals surface area (Å²) in [6.07, 6.45) is 8.12. The number of β-amino-alcohol motifs (C(OH)–C–C–N with tert-alkyl or cyclic N) is 1. The van der Waals surface area contributed by atoms with Crippen LogP contribution in [0.5, 0.6) is 0 Å². The van der Waals surface area contributed by atoms with Crippen molar-refractivity contribution >= 4 is 17.7 Å². The predicted molar refractivity (Wildman–Crippen MR) is 126 cm³/mol. The Kier molecular flexibility index (Phi) is 6.50. The van der Waals surface area contributed by atoms with Crippen molar-refractivity contribution in [2.45, 2.75) is 30.6 Å². The highest BCUT2D eigenvalue weighted by Gasteiger charge is 2.75. The number of hydrogen-bond donors (Lipinski definition) is 1. The normalized spacial score (nSPS) is 37.4. The van der Waals surface area contributed by atoms with Crippen LogP contribution in [0.15, 0.2) is 24.3 Å². The van der Waals surface area contributed by atoms with E-state index in [-0.39, 0.29) is 30.9 Å². The van der Waals surface area contributed by atoms with E-state index in [9.17, 15) is 19.5 Å². The zero-order valence-corrected chi connectivity index (χ0v) is 20.6. The first kappa shape index (κ1) is 24.4. The van der Waals surface area contributed by atoms with E-state index in [4.69, 9.17) is 9.47 Å². The number of carbonyl (C=O) groups is 3. The summed E-state index contributed by atoms with van der Waals surface area (Å²) in [5.41, 5.74) is -2.21. The van der Waals surface area contributed by atoms with Crippen molar-refractivity contribution in [3.05, 3.63) is 24.3 Å². The zero-order chi connectivity index (χ0) is 24.8. The van der Waals surface area contributed by atoms with Crippen LogP contribution in [0.3, 0.4) is 0 Å². The van der Waals surface area contributed by atoms with Crippen LogP contribution in [0.4, 0.5) is 0 Å². The van der Waals surface area contributed by atoms with Crippen LogP contribution in [-0.2, 0) is 23.9 Å². The molecule has 192 valence electrons. The molecule has 5 aliphatic rings. The van der Waals surface area contributed by atoms with E-state index in [2.05, 4.69) is 4.90 Å². The fourth-order valence-electron chi connectivity index (χ4n) is 6.56. The van der Waals surface area contributed by atoms with Crippen LogP contribution in [0, 0.1) is 11.8 Å². The molecular formula is C25H36N4O6. The van der Waals surface area contributed by atoms with Crippen molar-refractivity contribution in [3.8, 4) is 0 Å². The fraction of sp³-hybridized carbons (Fsp3) is 0.720. The van der Waals surface area contributed by atoms with Gasteiger partial charge in [-0.25, -0.2) is 0 Å².